The predicted molar refractivity (Wildman–Crippen MR) is 69.6 cm³/mol. The molecule has 0 spiro atoms. The van der Waals surface area contributed by atoms with Gasteiger partial charge < -0.3 is 9.73 Å². The number of halogens is 1. The molecule has 3 nitrogen and oxygen atoms in total. The van der Waals surface area contributed by atoms with Gasteiger partial charge in [-0.2, -0.15) is 0 Å². The van der Waals surface area contributed by atoms with E-state index in [-0.39, 0.29) is 17.2 Å². The van der Waals surface area contributed by atoms with Crippen LogP contribution in [0.1, 0.15) is 43.0 Å². The molecule has 1 aromatic rings. The lowest BCUT2D eigenvalue weighted by atomic mass is 9.84. The number of hydrogen-bond acceptors (Lipinski definition) is 2. The maximum atomic E-state index is 12.0. The number of fused-ring (bicyclic) bond motifs is 2. The van der Waals surface area contributed by atoms with Crippen molar-refractivity contribution in [2.75, 3.05) is 0 Å². The van der Waals surface area contributed by atoms with Crippen LogP contribution in [0, 0.1) is 17.8 Å². The van der Waals surface area contributed by atoms with Gasteiger partial charge in [-0.1, -0.05) is 6.42 Å². The van der Waals surface area contributed by atoms with Crippen LogP contribution in [0.15, 0.2) is 16.7 Å². The first kappa shape index (κ1) is 12.1. The Morgan fingerprint density at radius 2 is 2.33 bits per heavy atom. The summed E-state index contributed by atoms with van der Waals surface area (Å²) in [6, 6.07) is 1.84. The van der Waals surface area contributed by atoms with Crippen LogP contribution < -0.4 is 5.32 Å². The lowest BCUT2D eigenvalue weighted by molar-refractivity contribution is 0.0915. The fraction of sp³-hybridized carbons (Fsp3) is 0.643. The fourth-order valence-electron chi connectivity index (χ4n) is 3.75. The molecule has 2 bridgehead atoms. The quantitative estimate of drug-likeness (QED) is 0.911. The van der Waals surface area contributed by atoms with E-state index in [2.05, 4.69) is 12.2 Å². The van der Waals surface area contributed by atoms with Crippen LogP contribution in [0.4, 0.5) is 0 Å². The lowest BCUT2D eigenvalue weighted by Gasteiger charge is -2.28. The SMILES string of the molecule is CC(NC(=O)c1ccoc1Cl)C1CC2CCC1C2. The normalized spacial score (nSPS) is 31.6. The molecule has 1 N–H and O–H groups in total. The summed E-state index contributed by atoms with van der Waals surface area (Å²) >= 11 is 5.81. The van der Waals surface area contributed by atoms with E-state index in [1.807, 2.05) is 0 Å². The summed E-state index contributed by atoms with van der Waals surface area (Å²) in [5.74, 6) is 2.23. The van der Waals surface area contributed by atoms with Crippen LogP contribution >= 0.6 is 11.6 Å². The van der Waals surface area contributed by atoms with E-state index in [4.69, 9.17) is 16.0 Å². The number of hydrogen-bond donors (Lipinski definition) is 1. The molecule has 1 heterocycles. The summed E-state index contributed by atoms with van der Waals surface area (Å²) in [6.07, 6.45) is 6.79. The van der Waals surface area contributed by atoms with Gasteiger partial charge in [0.25, 0.3) is 5.91 Å². The third-order valence-electron chi connectivity index (χ3n) is 4.66. The van der Waals surface area contributed by atoms with Crippen molar-refractivity contribution >= 4 is 17.5 Å². The average Bonchev–Trinajstić information content (AvgIpc) is 3.03. The highest BCUT2D eigenvalue weighted by molar-refractivity contribution is 6.32. The van der Waals surface area contributed by atoms with E-state index in [0.717, 1.165) is 11.8 Å². The Balaban J connectivity index is 1.63. The van der Waals surface area contributed by atoms with Crippen LogP contribution in [-0.4, -0.2) is 11.9 Å². The summed E-state index contributed by atoms with van der Waals surface area (Å²) in [7, 11) is 0. The molecule has 0 saturated heterocycles. The largest absolute Gasteiger partial charge is 0.452 e. The molecule has 4 heteroatoms. The molecule has 3 rings (SSSR count). The molecule has 18 heavy (non-hydrogen) atoms. The Labute approximate surface area is 112 Å². The third-order valence-corrected chi connectivity index (χ3v) is 4.95. The van der Waals surface area contributed by atoms with E-state index in [1.165, 1.54) is 31.9 Å². The first-order chi connectivity index (χ1) is 8.65. The zero-order valence-electron chi connectivity index (χ0n) is 10.5. The number of nitrogens with one attached hydrogen (secondary N) is 1. The fourth-order valence-corrected chi connectivity index (χ4v) is 3.95. The van der Waals surface area contributed by atoms with Crippen molar-refractivity contribution in [2.24, 2.45) is 17.8 Å². The van der Waals surface area contributed by atoms with Crippen molar-refractivity contribution in [3.63, 3.8) is 0 Å². The van der Waals surface area contributed by atoms with Crippen molar-refractivity contribution in [1.82, 2.24) is 5.32 Å². The second kappa shape index (κ2) is 4.61. The van der Waals surface area contributed by atoms with Crippen LogP contribution in [0.5, 0.6) is 0 Å². The van der Waals surface area contributed by atoms with Crippen molar-refractivity contribution in [2.45, 2.75) is 38.6 Å². The predicted octanol–water partition coefficient (Wildman–Crippen LogP) is 3.49. The molecule has 1 amide bonds. The Bertz CT molecular complexity index is 456. The second-order valence-corrected chi connectivity index (χ2v) is 6.05. The summed E-state index contributed by atoms with van der Waals surface area (Å²) in [5, 5.41) is 3.24. The van der Waals surface area contributed by atoms with E-state index >= 15 is 0 Å². The topological polar surface area (TPSA) is 42.2 Å². The van der Waals surface area contributed by atoms with Gasteiger partial charge in [0.15, 0.2) is 0 Å². The van der Waals surface area contributed by atoms with Gasteiger partial charge in [-0.05, 0) is 61.6 Å². The Morgan fingerprint density at radius 1 is 1.50 bits per heavy atom. The standard InChI is InChI=1S/C14H18ClNO2/c1-8(12-7-9-2-3-10(12)6-9)16-14(17)11-4-5-18-13(11)15/h4-5,8-10,12H,2-3,6-7H2,1H3,(H,16,17). The molecule has 0 aromatic carbocycles. The van der Waals surface area contributed by atoms with Gasteiger partial charge in [0.2, 0.25) is 5.22 Å². The maximum Gasteiger partial charge on any atom is 0.256 e. The highest BCUT2D eigenvalue weighted by atomic mass is 35.5. The molecule has 2 aliphatic rings. The molecule has 98 valence electrons. The minimum atomic E-state index is -0.121. The van der Waals surface area contributed by atoms with Gasteiger partial charge in [0.1, 0.15) is 0 Å². The van der Waals surface area contributed by atoms with E-state index in [0.29, 0.717) is 11.5 Å². The molecule has 4 unspecified atom stereocenters. The first-order valence-corrected chi connectivity index (χ1v) is 7.07. The van der Waals surface area contributed by atoms with Crippen LogP contribution in [0.3, 0.4) is 0 Å². The van der Waals surface area contributed by atoms with Crippen molar-refractivity contribution in [3.05, 3.63) is 23.1 Å². The number of furan rings is 1. The number of amides is 1. The summed E-state index contributed by atoms with van der Waals surface area (Å²) in [5.41, 5.74) is 0.437. The monoisotopic (exact) mass is 267 g/mol. The molecule has 2 saturated carbocycles. The van der Waals surface area contributed by atoms with Crippen molar-refractivity contribution in [3.8, 4) is 0 Å². The van der Waals surface area contributed by atoms with Gasteiger partial charge in [-0.3, -0.25) is 4.79 Å². The van der Waals surface area contributed by atoms with E-state index in [1.54, 1.807) is 6.07 Å². The smallest absolute Gasteiger partial charge is 0.256 e. The molecule has 0 radical (unpaired) electrons. The van der Waals surface area contributed by atoms with E-state index < -0.39 is 0 Å². The molecular weight excluding hydrogens is 250 g/mol. The zero-order valence-corrected chi connectivity index (χ0v) is 11.2. The molecule has 2 fully saturated rings. The van der Waals surface area contributed by atoms with Gasteiger partial charge in [-0.15, -0.1) is 0 Å². The van der Waals surface area contributed by atoms with Crippen molar-refractivity contribution in [1.29, 1.82) is 0 Å². The molecular formula is C14H18ClNO2. The number of rotatable bonds is 3. The molecule has 2 aliphatic carbocycles. The van der Waals surface area contributed by atoms with Crippen LogP contribution in [0.25, 0.3) is 0 Å². The minimum Gasteiger partial charge on any atom is -0.452 e. The Morgan fingerprint density at radius 3 is 2.89 bits per heavy atom. The van der Waals surface area contributed by atoms with Gasteiger partial charge in [0.05, 0.1) is 11.8 Å². The zero-order chi connectivity index (χ0) is 12.7. The third kappa shape index (κ3) is 2.05. The molecule has 4 atom stereocenters. The molecule has 1 aromatic heterocycles. The van der Waals surface area contributed by atoms with E-state index in [9.17, 15) is 4.79 Å². The van der Waals surface area contributed by atoms with Crippen LogP contribution in [-0.2, 0) is 0 Å². The highest BCUT2D eigenvalue weighted by Crippen LogP contribution is 2.49. The molecule has 0 aliphatic heterocycles. The number of carbonyl (C=O) groups excluding carboxylic acids is 1. The Kier molecular flexibility index (Phi) is 3.10. The van der Waals surface area contributed by atoms with Gasteiger partial charge in [0, 0.05) is 6.04 Å². The van der Waals surface area contributed by atoms with Crippen LogP contribution in [0.2, 0.25) is 5.22 Å². The van der Waals surface area contributed by atoms with Crippen molar-refractivity contribution < 1.29 is 9.21 Å². The average molecular weight is 268 g/mol. The lowest BCUT2D eigenvalue weighted by Crippen LogP contribution is -2.40. The highest BCUT2D eigenvalue weighted by Gasteiger charge is 2.42. The van der Waals surface area contributed by atoms with Gasteiger partial charge in [-0.25, -0.2) is 0 Å². The summed E-state index contributed by atoms with van der Waals surface area (Å²) in [6.45, 7) is 2.11. The first-order valence-electron chi connectivity index (χ1n) is 6.69. The Hall–Kier alpha value is -0.960. The second-order valence-electron chi connectivity index (χ2n) is 5.71. The number of carbonyl (C=O) groups is 1. The minimum absolute atomic E-state index is 0.121. The van der Waals surface area contributed by atoms with Gasteiger partial charge >= 0.3 is 0 Å². The summed E-state index contributed by atoms with van der Waals surface area (Å²) < 4.78 is 4.95. The summed E-state index contributed by atoms with van der Waals surface area (Å²) in [4.78, 5) is 12.0. The maximum absolute atomic E-state index is 12.0.